The molecule has 1 saturated heterocycles. The van der Waals surface area contributed by atoms with E-state index in [2.05, 4.69) is 22.4 Å². The van der Waals surface area contributed by atoms with E-state index in [0.717, 1.165) is 16.8 Å². The van der Waals surface area contributed by atoms with Crippen LogP contribution in [0.4, 0.5) is 11.4 Å². The lowest BCUT2D eigenvalue weighted by atomic mass is 10.1. The SMILES string of the molecule is CC(=O)Nc1ccc(Oc2ccc(-c3noc(C4CC(=O)N(c5ccc(C)c(C)c5)C4)n3)cc2)cc1. The van der Waals surface area contributed by atoms with Crippen molar-refractivity contribution >= 4 is 23.2 Å². The first-order valence-electron chi connectivity index (χ1n) is 11.7. The van der Waals surface area contributed by atoms with E-state index in [1.807, 2.05) is 49.4 Å². The van der Waals surface area contributed by atoms with Crippen LogP contribution >= 0.6 is 0 Å². The number of rotatable bonds is 6. The van der Waals surface area contributed by atoms with E-state index >= 15 is 0 Å². The van der Waals surface area contributed by atoms with Gasteiger partial charge in [-0.1, -0.05) is 11.2 Å². The summed E-state index contributed by atoms with van der Waals surface area (Å²) in [4.78, 5) is 30.2. The average Bonchev–Trinajstić information content (AvgIpc) is 3.49. The van der Waals surface area contributed by atoms with Crippen LogP contribution in [-0.4, -0.2) is 28.5 Å². The lowest BCUT2D eigenvalue weighted by Gasteiger charge is -2.17. The summed E-state index contributed by atoms with van der Waals surface area (Å²) in [7, 11) is 0. The van der Waals surface area contributed by atoms with Crippen molar-refractivity contribution in [3.8, 4) is 22.9 Å². The van der Waals surface area contributed by atoms with Crippen molar-refractivity contribution in [1.29, 1.82) is 0 Å². The molecule has 2 amide bonds. The fraction of sp³-hybridized carbons (Fsp3) is 0.214. The third-order valence-electron chi connectivity index (χ3n) is 6.24. The fourth-order valence-electron chi connectivity index (χ4n) is 4.15. The molecule has 3 aromatic carbocycles. The molecule has 2 heterocycles. The predicted octanol–water partition coefficient (Wildman–Crippen LogP) is 5.62. The summed E-state index contributed by atoms with van der Waals surface area (Å²) in [6.45, 7) is 6.07. The maximum atomic E-state index is 12.7. The van der Waals surface area contributed by atoms with Crippen LogP contribution in [0, 0.1) is 13.8 Å². The Morgan fingerprint density at radius 3 is 2.36 bits per heavy atom. The van der Waals surface area contributed by atoms with Crippen LogP contribution < -0.4 is 15.0 Å². The van der Waals surface area contributed by atoms with E-state index in [0.29, 0.717) is 41.9 Å². The van der Waals surface area contributed by atoms with Gasteiger partial charge in [0.15, 0.2) is 0 Å². The number of anilines is 2. The number of carbonyl (C=O) groups excluding carboxylic acids is 2. The van der Waals surface area contributed by atoms with Gasteiger partial charge in [-0.15, -0.1) is 0 Å². The monoisotopic (exact) mass is 482 g/mol. The zero-order chi connectivity index (χ0) is 25.2. The second-order valence-electron chi connectivity index (χ2n) is 8.96. The quantitative estimate of drug-likeness (QED) is 0.383. The summed E-state index contributed by atoms with van der Waals surface area (Å²) in [6, 6.07) is 20.5. The van der Waals surface area contributed by atoms with E-state index in [4.69, 9.17) is 9.26 Å². The molecule has 4 aromatic rings. The summed E-state index contributed by atoms with van der Waals surface area (Å²) in [6.07, 6.45) is 0.335. The van der Waals surface area contributed by atoms with Crippen LogP contribution in [0.15, 0.2) is 71.3 Å². The molecule has 0 radical (unpaired) electrons. The third kappa shape index (κ3) is 4.98. The van der Waals surface area contributed by atoms with Gasteiger partial charge in [0, 0.05) is 36.8 Å². The van der Waals surface area contributed by atoms with Gasteiger partial charge in [-0.3, -0.25) is 9.59 Å². The Morgan fingerprint density at radius 1 is 1.00 bits per heavy atom. The zero-order valence-corrected chi connectivity index (χ0v) is 20.3. The number of nitrogens with one attached hydrogen (secondary N) is 1. The number of nitrogens with zero attached hydrogens (tertiary/aromatic N) is 3. The van der Waals surface area contributed by atoms with Crippen LogP contribution in [0.1, 0.15) is 36.3 Å². The molecule has 8 heteroatoms. The van der Waals surface area contributed by atoms with Gasteiger partial charge in [0.05, 0.1) is 5.92 Å². The second-order valence-corrected chi connectivity index (χ2v) is 8.96. The van der Waals surface area contributed by atoms with E-state index in [-0.39, 0.29) is 17.7 Å². The maximum Gasteiger partial charge on any atom is 0.232 e. The molecule has 0 aliphatic carbocycles. The highest BCUT2D eigenvalue weighted by atomic mass is 16.5. The average molecular weight is 483 g/mol. The van der Waals surface area contributed by atoms with Crippen LogP contribution in [0.5, 0.6) is 11.5 Å². The van der Waals surface area contributed by atoms with Gasteiger partial charge >= 0.3 is 0 Å². The first-order valence-corrected chi connectivity index (χ1v) is 11.7. The highest BCUT2D eigenvalue weighted by molar-refractivity contribution is 5.96. The Balaban J connectivity index is 1.24. The highest BCUT2D eigenvalue weighted by Gasteiger charge is 2.35. The molecular formula is C28H26N4O4. The van der Waals surface area contributed by atoms with Gasteiger partial charge in [-0.2, -0.15) is 4.98 Å². The molecule has 5 rings (SSSR count). The topological polar surface area (TPSA) is 97.6 Å². The molecular weight excluding hydrogens is 456 g/mol. The van der Waals surface area contributed by atoms with Crippen molar-refractivity contribution in [3.05, 3.63) is 83.7 Å². The number of aromatic nitrogens is 2. The van der Waals surface area contributed by atoms with Crippen LogP contribution in [0.2, 0.25) is 0 Å². The summed E-state index contributed by atoms with van der Waals surface area (Å²) < 4.78 is 11.4. The molecule has 8 nitrogen and oxygen atoms in total. The standard InChI is InChI=1S/C28H26N4O4/c1-17-4-9-23(14-18(17)2)32-16-21(15-26(32)34)28-30-27(31-36-28)20-5-10-24(11-6-20)35-25-12-7-22(8-13-25)29-19(3)33/h4-14,21H,15-16H2,1-3H3,(H,29,33). The van der Waals surface area contributed by atoms with Gasteiger partial charge in [-0.05, 0) is 85.6 Å². The molecule has 1 aliphatic rings. The zero-order valence-electron chi connectivity index (χ0n) is 20.3. The number of carbonyl (C=O) groups is 2. The largest absolute Gasteiger partial charge is 0.457 e. The number of amides is 2. The molecule has 1 unspecified atom stereocenters. The Labute approximate surface area is 208 Å². The van der Waals surface area contributed by atoms with E-state index in [9.17, 15) is 9.59 Å². The van der Waals surface area contributed by atoms with E-state index in [1.165, 1.54) is 12.5 Å². The number of hydrogen-bond donors (Lipinski definition) is 1. The lowest BCUT2D eigenvalue weighted by Crippen LogP contribution is -2.24. The molecule has 0 spiro atoms. The number of aryl methyl sites for hydroxylation is 2. The van der Waals surface area contributed by atoms with Crippen molar-refractivity contribution in [2.45, 2.75) is 33.1 Å². The minimum Gasteiger partial charge on any atom is -0.457 e. The van der Waals surface area contributed by atoms with Crippen molar-refractivity contribution in [3.63, 3.8) is 0 Å². The minimum atomic E-state index is -0.150. The second kappa shape index (κ2) is 9.65. The number of benzene rings is 3. The van der Waals surface area contributed by atoms with E-state index in [1.54, 1.807) is 29.2 Å². The summed E-state index contributed by atoms with van der Waals surface area (Å²) in [5.74, 6) is 2.01. The molecule has 1 N–H and O–H groups in total. The molecule has 1 atom stereocenters. The van der Waals surface area contributed by atoms with Gasteiger partial charge < -0.3 is 19.5 Å². The van der Waals surface area contributed by atoms with Gasteiger partial charge in [0.2, 0.25) is 23.5 Å². The summed E-state index contributed by atoms with van der Waals surface area (Å²) >= 11 is 0. The van der Waals surface area contributed by atoms with Crippen LogP contribution in [0.25, 0.3) is 11.4 Å². The van der Waals surface area contributed by atoms with Gasteiger partial charge in [-0.25, -0.2) is 0 Å². The number of ether oxygens (including phenoxy) is 1. The Morgan fingerprint density at radius 2 is 1.69 bits per heavy atom. The predicted molar refractivity (Wildman–Crippen MR) is 136 cm³/mol. The summed E-state index contributed by atoms with van der Waals surface area (Å²) in [5.41, 5.74) is 4.73. The van der Waals surface area contributed by atoms with Crippen molar-refractivity contribution in [2.24, 2.45) is 0 Å². The Bertz CT molecular complexity index is 1410. The normalized spacial score (nSPS) is 15.2. The third-order valence-corrected chi connectivity index (χ3v) is 6.24. The van der Waals surface area contributed by atoms with Crippen molar-refractivity contribution in [1.82, 2.24) is 10.1 Å². The van der Waals surface area contributed by atoms with Gasteiger partial charge in [0.1, 0.15) is 11.5 Å². The van der Waals surface area contributed by atoms with E-state index < -0.39 is 0 Å². The molecule has 0 saturated carbocycles. The molecule has 1 aromatic heterocycles. The highest BCUT2D eigenvalue weighted by Crippen LogP contribution is 2.33. The first kappa shape index (κ1) is 23.3. The van der Waals surface area contributed by atoms with Crippen molar-refractivity contribution < 1.29 is 18.8 Å². The van der Waals surface area contributed by atoms with Crippen LogP contribution in [-0.2, 0) is 9.59 Å². The van der Waals surface area contributed by atoms with Gasteiger partial charge in [0.25, 0.3) is 0 Å². The first-order chi connectivity index (χ1) is 17.4. The minimum absolute atomic E-state index is 0.0506. The Kier molecular flexibility index (Phi) is 6.25. The molecule has 0 bridgehead atoms. The lowest BCUT2D eigenvalue weighted by molar-refractivity contribution is -0.117. The maximum absolute atomic E-state index is 12.7. The number of hydrogen-bond acceptors (Lipinski definition) is 6. The Hall–Kier alpha value is -4.46. The molecule has 1 fully saturated rings. The molecule has 1 aliphatic heterocycles. The van der Waals surface area contributed by atoms with Crippen LogP contribution in [0.3, 0.4) is 0 Å². The summed E-state index contributed by atoms with van der Waals surface area (Å²) in [5, 5.41) is 6.86. The fourth-order valence-corrected chi connectivity index (χ4v) is 4.15. The molecule has 182 valence electrons. The molecule has 36 heavy (non-hydrogen) atoms. The smallest absolute Gasteiger partial charge is 0.232 e. The van der Waals surface area contributed by atoms with Crippen molar-refractivity contribution in [2.75, 3.05) is 16.8 Å².